The van der Waals surface area contributed by atoms with E-state index in [9.17, 15) is 15.3 Å². The normalized spacial score (nSPS) is 13.5. The number of hydrogen-bond donors (Lipinski definition) is 3. The van der Waals surface area contributed by atoms with Crippen molar-refractivity contribution in [2.45, 2.75) is 51.5 Å². The van der Waals surface area contributed by atoms with Gasteiger partial charge in [-0.05, 0) is 58.2 Å². The van der Waals surface area contributed by atoms with Gasteiger partial charge in [0.2, 0.25) is 0 Å². The van der Waals surface area contributed by atoms with Gasteiger partial charge in [0, 0.05) is 5.41 Å². The van der Waals surface area contributed by atoms with Gasteiger partial charge in [0.15, 0.2) is 0 Å². The first-order chi connectivity index (χ1) is 16.6. The number of aromatic nitrogens is 3. The molecule has 3 rings (SSSR count). The summed E-state index contributed by atoms with van der Waals surface area (Å²) in [5, 5.41) is 37.0. The predicted octanol–water partition coefficient (Wildman–Crippen LogP) is 3.59. The molecule has 3 aromatic rings. The first kappa shape index (κ1) is 27.4. The number of ether oxygens (including phenoxy) is 2. The van der Waals surface area contributed by atoms with Gasteiger partial charge in [-0.25, -0.2) is 4.68 Å². The zero-order valence-corrected chi connectivity index (χ0v) is 22.3. The minimum absolute atomic E-state index is 0.101. The van der Waals surface area contributed by atoms with Crippen LogP contribution in [0.5, 0.6) is 11.5 Å². The van der Waals surface area contributed by atoms with Gasteiger partial charge in [0.1, 0.15) is 42.6 Å². The fourth-order valence-corrected chi connectivity index (χ4v) is 4.11. The Bertz CT molecular complexity index is 1110. The molecular formula is C25H31BrClN3O5. The van der Waals surface area contributed by atoms with Gasteiger partial charge < -0.3 is 24.8 Å². The average molecular weight is 569 g/mol. The van der Waals surface area contributed by atoms with Gasteiger partial charge in [-0.1, -0.05) is 37.3 Å². The molecule has 1 unspecified atom stereocenters. The molecule has 3 N–H and O–H groups in total. The Labute approximate surface area is 218 Å². The maximum Gasteiger partial charge on any atom is 0.133 e. The number of benzene rings is 2. The second kappa shape index (κ2) is 12.2. The summed E-state index contributed by atoms with van der Waals surface area (Å²) >= 11 is 9.18. The maximum atomic E-state index is 10.3. The van der Waals surface area contributed by atoms with Gasteiger partial charge >= 0.3 is 0 Å². The Morgan fingerprint density at radius 1 is 1.03 bits per heavy atom. The second-order valence-corrected chi connectivity index (χ2v) is 10.0. The second-order valence-electron chi connectivity index (χ2n) is 8.84. The number of rotatable bonds is 12. The summed E-state index contributed by atoms with van der Waals surface area (Å²) < 4.78 is 13.8. The number of hydrogen-bond acceptors (Lipinski definition) is 7. The summed E-state index contributed by atoms with van der Waals surface area (Å²) in [7, 11) is 0. The van der Waals surface area contributed by atoms with E-state index in [0.717, 1.165) is 21.3 Å². The molecule has 0 radical (unpaired) electrons. The van der Waals surface area contributed by atoms with Crippen molar-refractivity contribution in [3.63, 3.8) is 0 Å². The summed E-state index contributed by atoms with van der Waals surface area (Å²) in [4.78, 5) is 0. The van der Waals surface area contributed by atoms with Crippen LogP contribution in [-0.4, -0.2) is 61.6 Å². The summed E-state index contributed by atoms with van der Waals surface area (Å²) in [5.41, 5.74) is 3.11. The molecule has 0 amide bonds. The molecule has 190 valence electrons. The molecule has 0 aliphatic carbocycles. The lowest BCUT2D eigenvalue weighted by Gasteiger charge is -2.27. The predicted molar refractivity (Wildman–Crippen MR) is 137 cm³/mol. The number of aliphatic hydroxyl groups is 3. The van der Waals surface area contributed by atoms with E-state index in [1.807, 2.05) is 42.5 Å². The van der Waals surface area contributed by atoms with E-state index in [1.54, 1.807) is 11.6 Å². The van der Waals surface area contributed by atoms with E-state index >= 15 is 0 Å². The van der Waals surface area contributed by atoms with Crippen LogP contribution in [0.25, 0.3) is 0 Å². The van der Waals surface area contributed by atoms with E-state index < -0.39 is 12.2 Å². The van der Waals surface area contributed by atoms with Crippen molar-refractivity contribution in [3.05, 3.63) is 69.5 Å². The highest BCUT2D eigenvalue weighted by molar-refractivity contribution is 9.10. The van der Waals surface area contributed by atoms with Crippen LogP contribution in [0.3, 0.4) is 0 Å². The topological polar surface area (TPSA) is 110 Å². The standard InChI is InChI=1S/C25H31BrClN3O5/c1-16-23(13-31)28-29-30(16)12-20(33)15-34-21-7-4-17(5-8-21)25(2,3)18-6-9-24(22(26)10-18)35-14-19(32)11-27/h4-10,19-20,31-33H,11-15H2,1-3H3/t19?,20-/m0/s1. The van der Waals surface area contributed by atoms with Crippen LogP contribution < -0.4 is 9.47 Å². The Morgan fingerprint density at radius 3 is 2.29 bits per heavy atom. The third-order valence-corrected chi connectivity index (χ3v) is 6.87. The molecule has 0 saturated heterocycles. The van der Waals surface area contributed by atoms with Gasteiger partial charge in [-0.3, -0.25) is 0 Å². The van der Waals surface area contributed by atoms with Crippen molar-refractivity contribution in [1.29, 1.82) is 0 Å². The molecule has 0 aliphatic heterocycles. The zero-order chi connectivity index (χ0) is 25.6. The van der Waals surface area contributed by atoms with E-state index in [-0.39, 0.29) is 37.7 Å². The third kappa shape index (κ3) is 6.95. The minimum Gasteiger partial charge on any atom is -0.491 e. The lowest BCUT2D eigenvalue weighted by atomic mass is 9.78. The van der Waals surface area contributed by atoms with E-state index in [0.29, 0.717) is 17.2 Å². The number of aliphatic hydroxyl groups excluding tert-OH is 3. The van der Waals surface area contributed by atoms with Crippen LogP contribution in [0.15, 0.2) is 46.9 Å². The third-order valence-electron chi connectivity index (χ3n) is 5.89. The fourth-order valence-electron chi connectivity index (χ4n) is 3.53. The highest BCUT2D eigenvalue weighted by atomic mass is 79.9. The largest absolute Gasteiger partial charge is 0.491 e. The summed E-state index contributed by atoms with van der Waals surface area (Å²) in [6, 6.07) is 13.7. The molecule has 0 spiro atoms. The molecule has 2 atom stereocenters. The summed E-state index contributed by atoms with van der Waals surface area (Å²) in [5.74, 6) is 1.41. The van der Waals surface area contributed by atoms with Crippen molar-refractivity contribution in [2.24, 2.45) is 0 Å². The molecule has 0 aliphatic rings. The Kier molecular flexibility index (Phi) is 9.54. The number of halogens is 2. The SMILES string of the molecule is Cc1c(CO)nnn1C[C@H](O)COc1ccc(C(C)(C)c2ccc(OCC(O)CCl)c(Br)c2)cc1. The highest BCUT2D eigenvalue weighted by Gasteiger charge is 2.24. The Balaban J connectivity index is 1.60. The maximum absolute atomic E-state index is 10.3. The van der Waals surface area contributed by atoms with E-state index in [1.165, 1.54) is 0 Å². The Morgan fingerprint density at radius 2 is 1.69 bits per heavy atom. The van der Waals surface area contributed by atoms with Crippen LogP contribution in [0.2, 0.25) is 0 Å². The Hall–Kier alpha value is -2.17. The van der Waals surface area contributed by atoms with Crippen molar-refractivity contribution >= 4 is 27.5 Å². The molecule has 10 heteroatoms. The molecule has 0 fully saturated rings. The fraction of sp³-hybridized carbons (Fsp3) is 0.440. The molecule has 8 nitrogen and oxygen atoms in total. The van der Waals surface area contributed by atoms with Gasteiger partial charge in [0.05, 0.1) is 29.2 Å². The summed E-state index contributed by atoms with van der Waals surface area (Å²) in [6.45, 7) is 6.33. The molecule has 0 bridgehead atoms. The van der Waals surface area contributed by atoms with Gasteiger partial charge in [-0.2, -0.15) is 0 Å². The monoisotopic (exact) mass is 567 g/mol. The number of nitrogens with zero attached hydrogens (tertiary/aromatic N) is 3. The highest BCUT2D eigenvalue weighted by Crippen LogP contribution is 2.36. The number of alkyl halides is 1. The lowest BCUT2D eigenvalue weighted by molar-refractivity contribution is 0.0882. The van der Waals surface area contributed by atoms with Crippen LogP contribution in [0, 0.1) is 6.92 Å². The summed E-state index contributed by atoms with van der Waals surface area (Å²) in [6.07, 6.45) is -1.49. The molecule has 2 aromatic carbocycles. The van der Waals surface area contributed by atoms with Crippen molar-refractivity contribution < 1.29 is 24.8 Å². The van der Waals surface area contributed by atoms with Crippen molar-refractivity contribution in [2.75, 3.05) is 19.1 Å². The first-order valence-electron chi connectivity index (χ1n) is 11.2. The molecular weight excluding hydrogens is 538 g/mol. The zero-order valence-electron chi connectivity index (χ0n) is 20.0. The smallest absolute Gasteiger partial charge is 0.133 e. The minimum atomic E-state index is -0.776. The van der Waals surface area contributed by atoms with Crippen LogP contribution in [0.1, 0.15) is 36.4 Å². The lowest BCUT2D eigenvalue weighted by Crippen LogP contribution is -2.25. The average Bonchev–Trinajstić information content (AvgIpc) is 3.20. The van der Waals surface area contributed by atoms with Gasteiger partial charge in [0.25, 0.3) is 0 Å². The quantitative estimate of drug-likeness (QED) is 0.287. The molecule has 1 heterocycles. The molecule has 1 aromatic heterocycles. The first-order valence-corrected chi connectivity index (χ1v) is 12.6. The van der Waals surface area contributed by atoms with Gasteiger partial charge in [-0.15, -0.1) is 16.7 Å². The van der Waals surface area contributed by atoms with Crippen LogP contribution in [-0.2, 0) is 18.6 Å². The van der Waals surface area contributed by atoms with Crippen LogP contribution >= 0.6 is 27.5 Å². The molecule has 0 saturated carbocycles. The van der Waals surface area contributed by atoms with Crippen LogP contribution in [0.4, 0.5) is 0 Å². The van der Waals surface area contributed by atoms with E-state index in [4.69, 9.17) is 21.1 Å². The van der Waals surface area contributed by atoms with Crippen molar-refractivity contribution in [1.82, 2.24) is 15.0 Å². The molecule has 35 heavy (non-hydrogen) atoms. The van der Waals surface area contributed by atoms with E-state index in [2.05, 4.69) is 40.1 Å². The van der Waals surface area contributed by atoms with Crippen molar-refractivity contribution in [3.8, 4) is 11.5 Å².